The number of carbonyl (C=O) groups excluding carboxylic acids is 2. The Morgan fingerprint density at radius 2 is 1.62 bits per heavy atom. The lowest BCUT2D eigenvalue weighted by molar-refractivity contribution is -0.114. The third-order valence-electron chi connectivity index (χ3n) is 5.97. The van der Waals surface area contributed by atoms with E-state index in [4.69, 9.17) is 39.8 Å². The van der Waals surface area contributed by atoms with E-state index in [1.165, 1.54) is 18.4 Å². The Hall–Kier alpha value is -3.19. The lowest BCUT2D eigenvalue weighted by Crippen LogP contribution is -2.29. The number of hydrogen-bond donors (Lipinski definition) is 1. The van der Waals surface area contributed by atoms with Crippen LogP contribution in [0.15, 0.2) is 53.3 Å². The quantitative estimate of drug-likeness (QED) is 0.237. The zero-order valence-corrected chi connectivity index (χ0v) is 22.8. The van der Waals surface area contributed by atoms with E-state index >= 15 is 0 Å². The Balaban J connectivity index is 2.21. The summed E-state index contributed by atoms with van der Waals surface area (Å²) >= 11 is 18.9. The molecule has 1 N–H and O–H groups in total. The van der Waals surface area contributed by atoms with Gasteiger partial charge in [0.1, 0.15) is 11.2 Å². The van der Waals surface area contributed by atoms with Crippen LogP contribution in [0, 0.1) is 0 Å². The summed E-state index contributed by atoms with van der Waals surface area (Å²) in [5, 5.41) is 4.60. The molecule has 37 heavy (non-hydrogen) atoms. The topological polar surface area (TPSA) is 81.1 Å². The summed E-state index contributed by atoms with van der Waals surface area (Å²) in [6, 6.07) is 14.1. The highest BCUT2D eigenvalue weighted by Crippen LogP contribution is 2.39. The van der Waals surface area contributed by atoms with Gasteiger partial charge in [-0.15, -0.1) is 0 Å². The number of ketones is 1. The molecule has 190 valence electrons. The maximum Gasteiger partial charge on any atom is 0.265 e. The van der Waals surface area contributed by atoms with Crippen molar-refractivity contribution in [2.24, 2.45) is 0 Å². The van der Waals surface area contributed by atoms with E-state index in [1.54, 1.807) is 30.3 Å². The normalized spacial score (nSPS) is 11.1. The predicted molar refractivity (Wildman–Crippen MR) is 151 cm³/mol. The molecule has 9 heteroatoms. The number of aryl methyl sites for hydroxylation is 1. The van der Waals surface area contributed by atoms with Crippen LogP contribution in [0.4, 0.5) is 5.69 Å². The van der Waals surface area contributed by atoms with Gasteiger partial charge in [0.05, 0.1) is 16.4 Å². The van der Waals surface area contributed by atoms with Gasteiger partial charge in [0.25, 0.3) is 5.56 Å². The van der Waals surface area contributed by atoms with Gasteiger partial charge in [-0.05, 0) is 55.3 Å². The zero-order valence-electron chi connectivity index (χ0n) is 20.5. The van der Waals surface area contributed by atoms with Crippen LogP contribution in [0.5, 0.6) is 0 Å². The highest BCUT2D eigenvalue weighted by Gasteiger charge is 2.24. The number of fused-ring (bicyclic) bond motifs is 1. The number of benzene rings is 2. The number of nitrogens with zero attached hydrogens (tertiary/aromatic N) is 2. The molecule has 0 radical (unpaired) electrons. The van der Waals surface area contributed by atoms with Gasteiger partial charge in [-0.3, -0.25) is 19.0 Å². The number of pyridine rings is 2. The van der Waals surface area contributed by atoms with Gasteiger partial charge >= 0.3 is 0 Å². The summed E-state index contributed by atoms with van der Waals surface area (Å²) in [4.78, 5) is 43.4. The molecule has 0 saturated heterocycles. The molecule has 4 aromatic rings. The number of unbranched alkanes of at least 4 members (excludes halogenated alkanes) is 1. The van der Waals surface area contributed by atoms with Crippen molar-refractivity contribution >= 4 is 63.2 Å². The summed E-state index contributed by atoms with van der Waals surface area (Å²) in [6.45, 7) is 5.00. The van der Waals surface area contributed by atoms with Gasteiger partial charge in [0.15, 0.2) is 5.78 Å². The first-order chi connectivity index (χ1) is 17.6. The van der Waals surface area contributed by atoms with Gasteiger partial charge in [0.2, 0.25) is 5.91 Å². The smallest absolute Gasteiger partial charge is 0.265 e. The molecule has 0 unspecified atom stereocenters. The third kappa shape index (κ3) is 5.42. The Kier molecular flexibility index (Phi) is 8.02. The first kappa shape index (κ1) is 26.9. The van der Waals surface area contributed by atoms with Crippen LogP contribution in [0.1, 0.15) is 44.0 Å². The van der Waals surface area contributed by atoms with Crippen LogP contribution < -0.4 is 10.9 Å². The number of amides is 1. The Morgan fingerprint density at radius 1 is 0.946 bits per heavy atom. The monoisotopic (exact) mass is 555 g/mol. The Labute approximate surface area is 229 Å². The number of carbonyl (C=O) groups is 2. The van der Waals surface area contributed by atoms with E-state index in [9.17, 15) is 14.4 Å². The summed E-state index contributed by atoms with van der Waals surface area (Å²) in [6.07, 6.45) is 1.53. The average Bonchev–Trinajstić information content (AvgIpc) is 2.83. The molecule has 0 aliphatic rings. The van der Waals surface area contributed by atoms with E-state index in [2.05, 4.69) is 5.32 Å². The molecule has 2 heterocycles. The fraction of sp³-hybridized carbons (Fsp3) is 0.214. The highest BCUT2D eigenvalue weighted by atomic mass is 35.5. The molecule has 6 nitrogen and oxygen atoms in total. The number of halogens is 3. The highest BCUT2D eigenvalue weighted by molar-refractivity contribution is 6.36. The molecule has 0 atom stereocenters. The van der Waals surface area contributed by atoms with Crippen LogP contribution in [-0.4, -0.2) is 21.2 Å². The van der Waals surface area contributed by atoms with E-state index in [-0.39, 0.29) is 11.3 Å². The lowest BCUT2D eigenvalue weighted by Gasteiger charge is -2.20. The van der Waals surface area contributed by atoms with Crippen molar-refractivity contribution in [2.45, 2.75) is 40.2 Å². The molecule has 0 bridgehead atoms. The fourth-order valence-electron chi connectivity index (χ4n) is 4.26. The van der Waals surface area contributed by atoms with Gasteiger partial charge < -0.3 is 5.32 Å². The molecule has 2 aromatic heterocycles. The van der Waals surface area contributed by atoms with Crippen molar-refractivity contribution < 1.29 is 9.59 Å². The Bertz CT molecular complexity index is 1600. The van der Waals surface area contributed by atoms with Crippen molar-refractivity contribution in [1.82, 2.24) is 9.55 Å². The molecule has 0 aliphatic carbocycles. The third-order valence-corrected chi connectivity index (χ3v) is 6.77. The van der Waals surface area contributed by atoms with E-state index in [0.29, 0.717) is 55.9 Å². The minimum absolute atomic E-state index is 0.0834. The second-order valence-electron chi connectivity index (χ2n) is 8.68. The van der Waals surface area contributed by atoms with Gasteiger partial charge in [-0.1, -0.05) is 60.3 Å². The van der Waals surface area contributed by atoms with Gasteiger partial charge in [-0.2, -0.15) is 0 Å². The standard InChI is InChI=1S/C28H24Cl3N3O3/c1-4-5-12-34-27-22(26(32-16(3)36)24(15(2)35)28(34)37)14-21(17-6-8-18(29)9-7-17)25(33-27)20-11-10-19(30)13-23(20)31/h6-11,13-14H,4-5,12H2,1-3H3,(H,32,36). The second-order valence-corrected chi connectivity index (χ2v) is 9.96. The first-order valence-corrected chi connectivity index (χ1v) is 12.9. The Morgan fingerprint density at radius 3 is 2.22 bits per heavy atom. The number of Topliss-reactive ketones (excluding diaryl/α,β-unsaturated/α-hetero) is 1. The van der Waals surface area contributed by atoms with Crippen molar-refractivity contribution in [3.05, 3.63) is 79.5 Å². The molecule has 0 spiro atoms. The summed E-state index contributed by atoms with van der Waals surface area (Å²) < 4.78 is 1.50. The fourth-order valence-corrected chi connectivity index (χ4v) is 4.88. The number of aromatic nitrogens is 2. The molecular formula is C28H24Cl3N3O3. The zero-order chi connectivity index (χ0) is 26.9. The van der Waals surface area contributed by atoms with E-state index in [0.717, 1.165) is 12.0 Å². The molecule has 2 aromatic carbocycles. The van der Waals surface area contributed by atoms with Crippen LogP contribution >= 0.6 is 34.8 Å². The molecule has 0 aliphatic heterocycles. The van der Waals surface area contributed by atoms with Crippen molar-refractivity contribution in [2.75, 3.05) is 5.32 Å². The SMILES string of the molecule is CCCCn1c(=O)c(C(C)=O)c(NC(C)=O)c2cc(-c3ccc(Cl)cc3)c(-c3ccc(Cl)cc3Cl)nc21. The minimum atomic E-state index is -0.503. The molecule has 1 amide bonds. The van der Waals surface area contributed by atoms with Gasteiger partial charge in [-0.25, -0.2) is 4.98 Å². The van der Waals surface area contributed by atoms with Crippen molar-refractivity contribution in [1.29, 1.82) is 0 Å². The number of rotatable bonds is 7. The average molecular weight is 557 g/mol. The first-order valence-electron chi connectivity index (χ1n) is 11.7. The summed E-state index contributed by atoms with van der Waals surface area (Å²) in [5.74, 6) is -0.855. The summed E-state index contributed by atoms with van der Waals surface area (Å²) in [7, 11) is 0. The number of hydrogen-bond acceptors (Lipinski definition) is 4. The summed E-state index contributed by atoms with van der Waals surface area (Å²) in [5.41, 5.74) is 2.49. The number of anilines is 1. The maximum absolute atomic E-state index is 13.6. The molecule has 0 saturated carbocycles. The molecular weight excluding hydrogens is 533 g/mol. The van der Waals surface area contributed by atoms with Crippen molar-refractivity contribution in [3.8, 4) is 22.4 Å². The molecule has 4 rings (SSSR count). The number of nitrogens with one attached hydrogen (secondary N) is 1. The lowest BCUT2D eigenvalue weighted by atomic mass is 9.96. The van der Waals surface area contributed by atoms with Crippen LogP contribution in [0.3, 0.4) is 0 Å². The van der Waals surface area contributed by atoms with E-state index < -0.39 is 17.2 Å². The van der Waals surface area contributed by atoms with Crippen molar-refractivity contribution in [3.63, 3.8) is 0 Å². The van der Waals surface area contributed by atoms with Gasteiger partial charge in [0, 0.05) is 40.0 Å². The predicted octanol–water partition coefficient (Wildman–Crippen LogP) is 7.65. The minimum Gasteiger partial charge on any atom is -0.325 e. The van der Waals surface area contributed by atoms with Crippen LogP contribution in [0.25, 0.3) is 33.4 Å². The van der Waals surface area contributed by atoms with Crippen LogP contribution in [-0.2, 0) is 11.3 Å². The molecule has 0 fully saturated rings. The van der Waals surface area contributed by atoms with E-state index in [1.807, 2.05) is 25.1 Å². The largest absolute Gasteiger partial charge is 0.325 e. The maximum atomic E-state index is 13.6. The second kappa shape index (κ2) is 11.1. The van der Waals surface area contributed by atoms with Crippen LogP contribution in [0.2, 0.25) is 15.1 Å².